The van der Waals surface area contributed by atoms with Crippen molar-refractivity contribution in [2.75, 3.05) is 7.05 Å². The molecule has 7 heteroatoms. The number of aromatic amines is 1. The van der Waals surface area contributed by atoms with Gasteiger partial charge in [-0.2, -0.15) is 0 Å². The molecular formula is C19H16N4O2S. The van der Waals surface area contributed by atoms with E-state index in [0.717, 1.165) is 21.7 Å². The van der Waals surface area contributed by atoms with Gasteiger partial charge in [0.2, 0.25) is 0 Å². The summed E-state index contributed by atoms with van der Waals surface area (Å²) >= 11 is 1.51. The average Bonchev–Trinajstić information content (AvgIpc) is 3.32. The summed E-state index contributed by atoms with van der Waals surface area (Å²) in [6.45, 7) is 0.332. The second kappa shape index (κ2) is 6.97. The van der Waals surface area contributed by atoms with Crippen LogP contribution in [0.1, 0.15) is 16.2 Å². The van der Waals surface area contributed by atoms with E-state index >= 15 is 0 Å². The van der Waals surface area contributed by atoms with Crippen molar-refractivity contribution in [3.8, 4) is 16.2 Å². The Bertz CT molecular complexity index is 1060. The van der Waals surface area contributed by atoms with Crippen molar-refractivity contribution in [3.63, 3.8) is 0 Å². The monoisotopic (exact) mass is 364 g/mol. The molecule has 0 atom stereocenters. The van der Waals surface area contributed by atoms with Crippen molar-refractivity contribution in [1.82, 2.24) is 20.3 Å². The predicted octanol–water partition coefficient (Wildman–Crippen LogP) is 3.63. The molecule has 0 aliphatic carbocycles. The fourth-order valence-corrected chi connectivity index (χ4v) is 3.53. The van der Waals surface area contributed by atoms with Crippen LogP contribution in [0.5, 0.6) is 5.75 Å². The lowest BCUT2D eigenvalue weighted by Gasteiger charge is -2.02. The minimum atomic E-state index is -0.108. The first kappa shape index (κ1) is 16.3. The first-order valence-corrected chi connectivity index (χ1v) is 8.95. The van der Waals surface area contributed by atoms with Crippen LogP contribution < -0.4 is 10.1 Å². The van der Waals surface area contributed by atoms with Gasteiger partial charge in [-0.15, -0.1) is 11.3 Å². The quantitative estimate of drug-likeness (QED) is 0.567. The van der Waals surface area contributed by atoms with E-state index in [4.69, 9.17) is 4.74 Å². The number of pyridine rings is 1. The SMILES string of the molecule is CNC(=O)c1ccsc1-c1cnc2nc(COc3ccccc3)[nH]c2c1. The molecule has 1 aromatic carbocycles. The summed E-state index contributed by atoms with van der Waals surface area (Å²) in [6, 6.07) is 13.4. The second-order valence-electron chi connectivity index (χ2n) is 5.62. The smallest absolute Gasteiger partial charge is 0.252 e. The van der Waals surface area contributed by atoms with Crippen LogP contribution in [-0.4, -0.2) is 27.9 Å². The van der Waals surface area contributed by atoms with Crippen LogP contribution in [0.3, 0.4) is 0 Å². The van der Waals surface area contributed by atoms with Gasteiger partial charge in [-0.05, 0) is 29.6 Å². The number of nitrogens with one attached hydrogen (secondary N) is 2. The molecule has 0 saturated heterocycles. The number of carbonyl (C=O) groups is 1. The van der Waals surface area contributed by atoms with Crippen LogP contribution in [0.4, 0.5) is 0 Å². The highest BCUT2D eigenvalue weighted by Crippen LogP contribution is 2.30. The zero-order valence-electron chi connectivity index (χ0n) is 14.0. The van der Waals surface area contributed by atoms with Gasteiger partial charge in [0.05, 0.1) is 11.1 Å². The van der Waals surface area contributed by atoms with Gasteiger partial charge in [0.15, 0.2) is 5.65 Å². The normalized spacial score (nSPS) is 10.8. The number of H-pyrrole nitrogens is 1. The molecule has 0 bridgehead atoms. The Labute approximate surface area is 153 Å². The Morgan fingerprint density at radius 3 is 2.92 bits per heavy atom. The maximum atomic E-state index is 12.0. The number of hydrogen-bond acceptors (Lipinski definition) is 5. The van der Waals surface area contributed by atoms with Crippen LogP contribution in [-0.2, 0) is 6.61 Å². The lowest BCUT2D eigenvalue weighted by atomic mass is 10.1. The molecule has 1 amide bonds. The number of rotatable bonds is 5. The molecule has 3 aromatic heterocycles. The number of amides is 1. The van der Waals surface area contributed by atoms with E-state index in [1.165, 1.54) is 11.3 Å². The maximum absolute atomic E-state index is 12.0. The van der Waals surface area contributed by atoms with E-state index in [-0.39, 0.29) is 5.91 Å². The molecule has 4 rings (SSSR count). The molecule has 130 valence electrons. The number of para-hydroxylation sites is 1. The number of carbonyl (C=O) groups excluding carboxylic acids is 1. The van der Waals surface area contributed by atoms with Gasteiger partial charge in [-0.1, -0.05) is 18.2 Å². The first-order chi connectivity index (χ1) is 12.7. The summed E-state index contributed by atoms with van der Waals surface area (Å²) in [5, 5.41) is 4.56. The summed E-state index contributed by atoms with van der Waals surface area (Å²) in [5.74, 6) is 1.38. The van der Waals surface area contributed by atoms with E-state index < -0.39 is 0 Å². The number of hydrogen-bond donors (Lipinski definition) is 2. The Kier molecular flexibility index (Phi) is 4.37. The highest BCUT2D eigenvalue weighted by Gasteiger charge is 2.15. The van der Waals surface area contributed by atoms with Crippen molar-refractivity contribution in [1.29, 1.82) is 0 Å². The molecule has 4 aromatic rings. The number of fused-ring (bicyclic) bond motifs is 1. The summed E-state index contributed by atoms with van der Waals surface area (Å²) in [7, 11) is 1.62. The molecule has 0 radical (unpaired) electrons. The van der Waals surface area contributed by atoms with Crippen molar-refractivity contribution >= 4 is 28.4 Å². The van der Waals surface area contributed by atoms with Crippen molar-refractivity contribution < 1.29 is 9.53 Å². The van der Waals surface area contributed by atoms with Gasteiger partial charge in [0.25, 0.3) is 5.91 Å². The van der Waals surface area contributed by atoms with Crippen LogP contribution in [0.15, 0.2) is 54.0 Å². The van der Waals surface area contributed by atoms with Crippen LogP contribution >= 0.6 is 11.3 Å². The summed E-state index contributed by atoms with van der Waals surface area (Å²) in [6.07, 6.45) is 1.74. The number of benzene rings is 1. The molecule has 3 heterocycles. The highest BCUT2D eigenvalue weighted by atomic mass is 32.1. The summed E-state index contributed by atoms with van der Waals surface area (Å²) < 4.78 is 5.72. The molecule has 0 aliphatic rings. The number of imidazole rings is 1. The highest BCUT2D eigenvalue weighted by molar-refractivity contribution is 7.14. The molecule has 0 spiro atoms. The Morgan fingerprint density at radius 1 is 1.27 bits per heavy atom. The Morgan fingerprint density at radius 2 is 2.12 bits per heavy atom. The van der Waals surface area contributed by atoms with E-state index in [2.05, 4.69) is 20.3 Å². The molecule has 6 nitrogen and oxygen atoms in total. The van der Waals surface area contributed by atoms with E-state index in [0.29, 0.717) is 23.6 Å². The first-order valence-electron chi connectivity index (χ1n) is 8.07. The molecule has 26 heavy (non-hydrogen) atoms. The number of ether oxygens (including phenoxy) is 1. The minimum absolute atomic E-state index is 0.108. The molecule has 0 aliphatic heterocycles. The number of aromatic nitrogens is 3. The third kappa shape index (κ3) is 3.16. The van der Waals surface area contributed by atoms with Gasteiger partial charge in [0, 0.05) is 23.7 Å². The molecule has 0 unspecified atom stereocenters. The summed E-state index contributed by atoms with van der Waals surface area (Å²) in [5.41, 5.74) is 2.96. The fourth-order valence-electron chi connectivity index (χ4n) is 2.66. The third-order valence-electron chi connectivity index (χ3n) is 3.90. The van der Waals surface area contributed by atoms with Gasteiger partial charge in [-0.3, -0.25) is 4.79 Å². The van der Waals surface area contributed by atoms with E-state index in [1.54, 1.807) is 13.2 Å². The minimum Gasteiger partial charge on any atom is -0.486 e. The topological polar surface area (TPSA) is 79.9 Å². The molecular weight excluding hydrogens is 348 g/mol. The van der Waals surface area contributed by atoms with E-state index in [9.17, 15) is 4.79 Å². The fraction of sp³-hybridized carbons (Fsp3) is 0.105. The number of nitrogens with zero attached hydrogens (tertiary/aromatic N) is 2. The van der Waals surface area contributed by atoms with Gasteiger partial charge < -0.3 is 15.0 Å². The lowest BCUT2D eigenvalue weighted by molar-refractivity contribution is 0.0964. The zero-order chi connectivity index (χ0) is 17.9. The standard InChI is InChI=1S/C19H16N4O2S/c1-20-19(24)14-7-8-26-17(14)12-9-15-18(21-10-12)23-16(22-15)11-25-13-5-3-2-4-6-13/h2-10H,11H2,1H3,(H,20,24)(H,21,22,23). The molecule has 0 fully saturated rings. The van der Waals surface area contributed by atoms with Crippen molar-refractivity contribution in [3.05, 3.63) is 65.4 Å². The van der Waals surface area contributed by atoms with Crippen LogP contribution in [0.2, 0.25) is 0 Å². The largest absolute Gasteiger partial charge is 0.486 e. The molecule has 0 saturated carbocycles. The second-order valence-corrected chi connectivity index (χ2v) is 6.54. The zero-order valence-corrected chi connectivity index (χ0v) is 14.8. The van der Waals surface area contributed by atoms with E-state index in [1.807, 2.05) is 47.8 Å². The average molecular weight is 364 g/mol. The Hall–Kier alpha value is -3.19. The maximum Gasteiger partial charge on any atom is 0.252 e. The van der Waals surface area contributed by atoms with Crippen LogP contribution in [0.25, 0.3) is 21.6 Å². The van der Waals surface area contributed by atoms with Gasteiger partial charge in [0.1, 0.15) is 18.2 Å². The molecule has 2 N–H and O–H groups in total. The lowest BCUT2D eigenvalue weighted by Crippen LogP contribution is -2.17. The number of thiophene rings is 1. The van der Waals surface area contributed by atoms with Gasteiger partial charge >= 0.3 is 0 Å². The van der Waals surface area contributed by atoms with Crippen molar-refractivity contribution in [2.24, 2.45) is 0 Å². The Balaban J connectivity index is 1.60. The van der Waals surface area contributed by atoms with Crippen molar-refractivity contribution in [2.45, 2.75) is 6.61 Å². The summed E-state index contributed by atoms with van der Waals surface area (Å²) in [4.78, 5) is 25.0. The third-order valence-corrected chi connectivity index (χ3v) is 4.87. The predicted molar refractivity (Wildman–Crippen MR) is 101 cm³/mol. The van der Waals surface area contributed by atoms with Crippen LogP contribution in [0, 0.1) is 0 Å². The van der Waals surface area contributed by atoms with Gasteiger partial charge in [-0.25, -0.2) is 9.97 Å².